The minimum absolute atomic E-state index is 0.207. The Morgan fingerprint density at radius 1 is 1.36 bits per heavy atom. The second-order valence-corrected chi connectivity index (χ2v) is 6.00. The van der Waals surface area contributed by atoms with Gasteiger partial charge in [0.05, 0.1) is 13.7 Å². The summed E-state index contributed by atoms with van der Waals surface area (Å²) in [4.78, 5) is 20.7. The minimum atomic E-state index is 0.207. The number of hydrogen-bond donors (Lipinski definition) is 1. The van der Waals surface area contributed by atoms with Crippen LogP contribution < -0.4 is 15.0 Å². The van der Waals surface area contributed by atoms with Crippen LogP contribution in [0.25, 0.3) is 0 Å². The van der Waals surface area contributed by atoms with Crippen molar-refractivity contribution in [1.29, 1.82) is 0 Å². The van der Waals surface area contributed by atoms with Gasteiger partial charge in [-0.3, -0.25) is 4.79 Å². The maximum absolute atomic E-state index is 12.2. The Hall–Kier alpha value is -1.82. The van der Waals surface area contributed by atoms with Crippen LogP contribution in [-0.2, 0) is 4.79 Å². The summed E-state index contributed by atoms with van der Waals surface area (Å²) in [7, 11) is 1.66. The molecule has 1 N–H and O–H groups in total. The van der Waals surface area contributed by atoms with Gasteiger partial charge < -0.3 is 19.9 Å². The van der Waals surface area contributed by atoms with Crippen LogP contribution in [0.3, 0.4) is 0 Å². The van der Waals surface area contributed by atoms with Crippen molar-refractivity contribution < 1.29 is 9.53 Å². The molecule has 2 heterocycles. The fourth-order valence-electron chi connectivity index (χ4n) is 2.70. The first kappa shape index (κ1) is 15.1. The molecule has 0 aromatic carbocycles. The number of aromatic nitrogens is 1. The number of hydrogen-bond acceptors (Lipinski definition) is 5. The van der Waals surface area contributed by atoms with E-state index in [0.29, 0.717) is 6.54 Å². The van der Waals surface area contributed by atoms with Crippen LogP contribution in [0.4, 0.5) is 5.82 Å². The molecule has 0 atom stereocenters. The predicted molar refractivity (Wildman–Crippen MR) is 85.2 cm³/mol. The zero-order valence-corrected chi connectivity index (χ0v) is 13.1. The molecule has 1 saturated carbocycles. The maximum atomic E-state index is 12.2. The standard InChI is InChI=1S/C16H24N4O2/c1-22-14-4-5-18-15(10-14)19-6-8-20(9-7-19)16(21)12-17-11-13-2-3-13/h4-5,10,13,17H,2-3,6-9,11-12H2,1H3. The number of nitrogens with one attached hydrogen (secondary N) is 1. The van der Waals surface area contributed by atoms with Gasteiger partial charge in [0.2, 0.25) is 5.91 Å². The van der Waals surface area contributed by atoms with Crippen LogP contribution in [0, 0.1) is 5.92 Å². The fraction of sp³-hybridized carbons (Fsp3) is 0.625. The zero-order valence-electron chi connectivity index (χ0n) is 13.1. The van der Waals surface area contributed by atoms with E-state index in [-0.39, 0.29) is 5.91 Å². The van der Waals surface area contributed by atoms with Crippen LogP contribution in [0.1, 0.15) is 12.8 Å². The molecule has 6 heteroatoms. The minimum Gasteiger partial charge on any atom is -0.497 e. The molecule has 1 saturated heterocycles. The zero-order chi connectivity index (χ0) is 15.4. The Morgan fingerprint density at radius 2 is 2.14 bits per heavy atom. The number of ether oxygens (including phenoxy) is 1. The summed E-state index contributed by atoms with van der Waals surface area (Å²) in [5, 5.41) is 3.27. The van der Waals surface area contributed by atoms with Crippen molar-refractivity contribution in [3.8, 4) is 5.75 Å². The van der Waals surface area contributed by atoms with E-state index in [1.54, 1.807) is 13.3 Å². The van der Waals surface area contributed by atoms with Gasteiger partial charge in [0.15, 0.2) is 0 Å². The number of anilines is 1. The third kappa shape index (κ3) is 3.88. The summed E-state index contributed by atoms with van der Waals surface area (Å²) in [6.07, 6.45) is 4.38. The molecule has 1 aliphatic carbocycles. The van der Waals surface area contributed by atoms with Crippen LogP contribution in [0.5, 0.6) is 5.75 Å². The highest BCUT2D eigenvalue weighted by molar-refractivity contribution is 5.78. The number of nitrogens with zero attached hydrogens (tertiary/aromatic N) is 3. The SMILES string of the molecule is COc1ccnc(N2CCN(C(=O)CNCC3CC3)CC2)c1. The second-order valence-electron chi connectivity index (χ2n) is 6.00. The molecule has 1 aromatic rings. The van der Waals surface area contributed by atoms with Gasteiger partial charge in [0, 0.05) is 38.4 Å². The van der Waals surface area contributed by atoms with E-state index in [1.807, 2.05) is 17.0 Å². The van der Waals surface area contributed by atoms with Crippen LogP contribution in [0.2, 0.25) is 0 Å². The van der Waals surface area contributed by atoms with Gasteiger partial charge in [-0.25, -0.2) is 4.98 Å². The molecule has 0 radical (unpaired) electrons. The van der Waals surface area contributed by atoms with Gasteiger partial charge in [-0.05, 0) is 31.4 Å². The summed E-state index contributed by atoms with van der Waals surface area (Å²) < 4.78 is 5.23. The molecular weight excluding hydrogens is 280 g/mol. The van der Waals surface area contributed by atoms with Crippen molar-refractivity contribution in [3.63, 3.8) is 0 Å². The fourth-order valence-corrected chi connectivity index (χ4v) is 2.70. The Bertz CT molecular complexity index is 511. The van der Waals surface area contributed by atoms with E-state index in [9.17, 15) is 4.79 Å². The lowest BCUT2D eigenvalue weighted by Crippen LogP contribution is -2.51. The number of pyridine rings is 1. The molecule has 0 spiro atoms. The third-order valence-electron chi connectivity index (χ3n) is 4.32. The molecule has 1 aliphatic heterocycles. The molecule has 0 unspecified atom stereocenters. The normalized spacial score (nSPS) is 18.4. The predicted octanol–water partition coefficient (Wildman–Crippen LogP) is 0.738. The molecular formula is C16H24N4O2. The third-order valence-corrected chi connectivity index (χ3v) is 4.32. The van der Waals surface area contributed by atoms with E-state index in [4.69, 9.17) is 4.74 Å². The first-order valence-corrected chi connectivity index (χ1v) is 8.00. The quantitative estimate of drug-likeness (QED) is 0.840. The lowest BCUT2D eigenvalue weighted by molar-refractivity contribution is -0.130. The van der Waals surface area contributed by atoms with Gasteiger partial charge in [0.1, 0.15) is 11.6 Å². The van der Waals surface area contributed by atoms with E-state index < -0.39 is 0 Å². The molecule has 120 valence electrons. The topological polar surface area (TPSA) is 57.7 Å². The van der Waals surface area contributed by atoms with Gasteiger partial charge in [0.25, 0.3) is 0 Å². The Kier molecular flexibility index (Phi) is 4.77. The van der Waals surface area contributed by atoms with Crippen LogP contribution >= 0.6 is 0 Å². The summed E-state index contributed by atoms with van der Waals surface area (Å²) in [6, 6.07) is 3.78. The number of carbonyl (C=O) groups excluding carboxylic acids is 1. The Labute approximate surface area is 131 Å². The smallest absolute Gasteiger partial charge is 0.236 e. The average molecular weight is 304 g/mol. The Balaban J connectivity index is 1.45. The van der Waals surface area contributed by atoms with E-state index >= 15 is 0 Å². The first-order valence-electron chi connectivity index (χ1n) is 8.00. The van der Waals surface area contributed by atoms with Crippen molar-refractivity contribution in [1.82, 2.24) is 15.2 Å². The molecule has 1 aromatic heterocycles. The summed E-state index contributed by atoms with van der Waals surface area (Å²) >= 11 is 0. The van der Waals surface area contributed by atoms with Crippen molar-refractivity contribution in [2.45, 2.75) is 12.8 Å². The number of piperazine rings is 1. The van der Waals surface area contributed by atoms with Gasteiger partial charge in [-0.2, -0.15) is 0 Å². The lowest BCUT2D eigenvalue weighted by atomic mass is 10.3. The highest BCUT2D eigenvalue weighted by Crippen LogP contribution is 2.27. The summed E-state index contributed by atoms with van der Waals surface area (Å²) in [5.74, 6) is 2.74. The van der Waals surface area contributed by atoms with E-state index in [2.05, 4.69) is 15.2 Å². The molecule has 1 amide bonds. The first-order chi connectivity index (χ1) is 10.8. The number of rotatable bonds is 6. The molecule has 0 bridgehead atoms. The molecule has 2 aliphatic rings. The number of carbonyl (C=O) groups is 1. The van der Waals surface area contributed by atoms with Crippen LogP contribution in [-0.4, -0.2) is 62.2 Å². The highest BCUT2D eigenvalue weighted by Gasteiger charge is 2.24. The summed E-state index contributed by atoms with van der Waals surface area (Å²) in [5.41, 5.74) is 0. The van der Waals surface area contributed by atoms with E-state index in [0.717, 1.165) is 50.2 Å². The molecule has 22 heavy (non-hydrogen) atoms. The van der Waals surface area contributed by atoms with Gasteiger partial charge in [-0.1, -0.05) is 0 Å². The van der Waals surface area contributed by atoms with Gasteiger partial charge >= 0.3 is 0 Å². The number of methoxy groups -OCH3 is 1. The van der Waals surface area contributed by atoms with Crippen molar-refractivity contribution in [2.24, 2.45) is 5.92 Å². The van der Waals surface area contributed by atoms with E-state index in [1.165, 1.54) is 12.8 Å². The van der Waals surface area contributed by atoms with Crippen molar-refractivity contribution in [2.75, 3.05) is 51.3 Å². The summed E-state index contributed by atoms with van der Waals surface area (Å²) in [6.45, 7) is 4.59. The maximum Gasteiger partial charge on any atom is 0.236 e. The number of amides is 1. The highest BCUT2D eigenvalue weighted by atomic mass is 16.5. The molecule has 6 nitrogen and oxygen atoms in total. The largest absolute Gasteiger partial charge is 0.497 e. The molecule has 3 rings (SSSR count). The molecule has 2 fully saturated rings. The van der Waals surface area contributed by atoms with Crippen molar-refractivity contribution >= 4 is 11.7 Å². The van der Waals surface area contributed by atoms with Crippen molar-refractivity contribution in [3.05, 3.63) is 18.3 Å². The van der Waals surface area contributed by atoms with Gasteiger partial charge in [-0.15, -0.1) is 0 Å². The van der Waals surface area contributed by atoms with Crippen LogP contribution in [0.15, 0.2) is 18.3 Å². The Morgan fingerprint density at radius 3 is 2.82 bits per heavy atom. The second kappa shape index (κ2) is 6.96. The average Bonchev–Trinajstić information content (AvgIpc) is 3.39. The monoisotopic (exact) mass is 304 g/mol. The lowest BCUT2D eigenvalue weighted by Gasteiger charge is -2.35.